The second-order valence-electron chi connectivity index (χ2n) is 4.24. The quantitative estimate of drug-likeness (QED) is 0.669. The zero-order valence-corrected chi connectivity index (χ0v) is 11.9. The smallest absolute Gasteiger partial charge is 0.219 e. The van der Waals surface area contributed by atoms with Crippen LogP contribution >= 0.6 is 0 Å². The van der Waals surface area contributed by atoms with Crippen LogP contribution in [-0.2, 0) is 6.54 Å². The zero-order chi connectivity index (χ0) is 15.1. The van der Waals surface area contributed by atoms with Crippen LogP contribution in [0, 0.1) is 5.82 Å². The first-order chi connectivity index (χ1) is 10.2. The third-order valence-electron chi connectivity index (χ3n) is 2.74. The number of halogens is 1. The van der Waals surface area contributed by atoms with Gasteiger partial charge in [-0.1, -0.05) is 12.1 Å². The third-order valence-corrected chi connectivity index (χ3v) is 2.74. The molecule has 1 heterocycles. The molecule has 0 radical (unpaired) electrons. The molecule has 0 amide bonds. The predicted molar refractivity (Wildman–Crippen MR) is 80.0 cm³/mol. The van der Waals surface area contributed by atoms with Gasteiger partial charge in [-0.15, -0.1) is 0 Å². The molecule has 0 aliphatic rings. The minimum atomic E-state index is -0.341. The van der Waals surface area contributed by atoms with E-state index in [1.54, 1.807) is 38.5 Å². The average Bonchev–Trinajstić information content (AvgIpc) is 2.50. The van der Waals surface area contributed by atoms with Gasteiger partial charge in [0.05, 0.1) is 0 Å². The van der Waals surface area contributed by atoms with Crippen LogP contribution < -0.4 is 15.4 Å². The largest absolute Gasteiger partial charge is 0.439 e. The number of nitrogens with zero attached hydrogens (tertiary/aromatic N) is 2. The summed E-state index contributed by atoms with van der Waals surface area (Å²) in [6.07, 6.45) is 1.70. The molecule has 21 heavy (non-hydrogen) atoms. The van der Waals surface area contributed by atoms with Gasteiger partial charge in [-0.2, -0.15) is 0 Å². The summed E-state index contributed by atoms with van der Waals surface area (Å²) in [5.41, 5.74) is 0.984. The molecular formula is C15H17FN4O. The van der Waals surface area contributed by atoms with Crippen molar-refractivity contribution >= 4 is 5.96 Å². The summed E-state index contributed by atoms with van der Waals surface area (Å²) in [4.78, 5) is 8.21. The van der Waals surface area contributed by atoms with Gasteiger partial charge >= 0.3 is 0 Å². The van der Waals surface area contributed by atoms with Crippen molar-refractivity contribution in [3.8, 4) is 11.6 Å². The fourth-order valence-electron chi connectivity index (χ4n) is 1.69. The van der Waals surface area contributed by atoms with E-state index in [1.807, 2.05) is 6.07 Å². The highest BCUT2D eigenvalue weighted by atomic mass is 19.1. The first-order valence-electron chi connectivity index (χ1n) is 6.48. The first-order valence-corrected chi connectivity index (χ1v) is 6.48. The van der Waals surface area contributed by atoms with Crippen LogP contribution in [0.4, 0.5) is 4.39 Å². The van der Waals surface area contributed by atoms with E-state index >= 15 is 0 Å². The van der Waals surface area contributed by atoms with Gasteiger partial charge in [0, 0.05) is 39.0 Å². The van der Waals surface area contributed by atoms with E-state index in [9.17, 15) is 4.39 Å². The molecule has 0 fully saturated rings. The second-order valence-corrected chi connectivity index (χ2v) is 4.24. The summed E-state index contributed by atoms with van der Waals surface area (Å²) in [6, 6.07) is 9.57. The summed E-state index contributed by atoms with van der Waals surface area (Å²) in [5, 5.41) is 6.05. The number of hydrogen-bond donors (Lipinski definition) is 2. The third kappa shape index (κ3) is 4.45. The minimum absolute atomic E-state index is 0.341. The summed E-state index contributed by atoms with van der Waals surface area (Å²) < 4.78 is 18.5. The Hall–Kier alpha value is -2.63. The Morgan fingerprint density at radius 3 is 2.81 bits per heavy atom. The Morgan fingerprint density at radius 2 is 2.19 bits per heavy atom. The molecule has 110 valence electrons. The van der Waals surface area contributed by atoms with E-state index in [0.717, 1.165) is 5.56 Å². The van der Waals surface area contributed by atoms with Crippen LogP contribution in [0.5, 0.6) is 11.6 Å². The van der Waals surface area contributed by atoms with Gasteiger partial charge in [0.2, 0.25) is 5.88 Å². The Balaban J connectivity index is 1.96. The molecule has 1 aromatic carbocycles. The molecule has 0 bridgehead atoms. The van der Waals surface area contributed by atoms with E-state index < -0.39 is 0 Å². The molecule has 2 N–H and O–H groups in total. The minimum Gasteiger partial charge on any atom is -0.439 e. The number of hydrogen-bond acceptors (Lipinski definition) is 3. The van der Waals surface area contributed by atoms with Crippen molar-refractivity contribution in [3.63, 3.8) is 0 Å². The Labute approximate surface area is 122 Å². The molecule has 0 saturated carbocycles. The molecular weight excluding hydrogens is 271 g/mol. The van der Waals surface area contributed by atoms with Crippen molar-refractivity contribution in [1.29, 1.82) is 0 Å². The fourth-order valence-corrected chi connectivity index (χ4v) is 1.69. The number of benzene rings is 1. The van der Waals surface area contributed by atoms with Crippen LogP contribution in [0.1, 0.15) is 5.56 Å². The van der Waals surface area contributed by atoms with Gasteiger partial charge in [0.25, 0.3) is 0 Å². The Kier molecular flexibility index (Phi) is 5.09. The van der Waals surface area contributed by atoms with Crippen molar-refractivity contribution in [2.45, 2.75) is 6.54 Å². The molecule has 5 nitrogen and oxygen atoms in total. The molecule has 6 heteroatoms. The van der Waals surface area contributed by atoms with Crippen molar-refractivity contribution < 1.29 is 9.13 Å². The van der Waals surface area contributed by atoms with Crippen molar-refractivity contribution in [2.75, 3.05) is 14.1 Å². The lowest BCUT2D eigenvalue weighted by Crippen LogP contribution is -2.34. The standard InChI is InChI=1S/C15H17FN4O/c1-17-15(18-2)20-10-11-6-7-14(19-9-11)21-13-5-3-4-12(16)8-13/h3-9H,10H2,1-2H3,(H2,17,18,20). The molecule has 2 rings (SSSR count). The van der Waals surface area contributed by atoms with Crippen LogP contribution in [-0.4, -0.2) is 25.0 Å². The molecule has 0 aliphatic carbocycles. The van der Waals surface area contributed by atoms with E-state index in [2.05, 4.69) is 20.6 Å². The maximum atomic E-state index is 13.1. The topological polar surface area (TPSA) is 58.5 Å². The Morgan fingerprint density at radius 1 is 1.33 bits per heavy atom. The zero-order valence-electron chi connectivity index (χ0n) is 11.9. The van der Waals surface area contributed by atoms with Crippen LogP contribution in [0.25, 0.3) is 0 Å². The number of guanidine groups is 1. The lowest BCUT2D eigenvalue weighted by Gasteiger charge is -2.09. The number of nitrogens with one attached hydrogen (secondary N) is 2. The molecule has 0 unspecified atom stereocenters. The number of aromatic nitrogens is 1. The molecule has 0 saturated heterocycles. The molecule has 1 aromatic heterocycles. The Bertz CT molecular complexity index is 613. The number of rotatable bonds is 4. The summed E-state index contributed by atoms with van der Waals surface area (Å²) >= 11 is 0. The van der Waals surface area contributed by atoms with Gasteiger partial charge in [0.1, 0.15) is 11.6 Å². The molecule has 0 atom stereocenters. The highest BCUT2D eigenvalue weighted by Crippen LogP contribution is 2.19. The predicted octanol–water partition coefficient (Wildman–Crippen LogP) is 2.31. The highest BCUT2D eigenvalue weighted by Gasteiger charge is 2.01. The van der Waals surface area contributed by atoms with E-state index in [4.69, 9.17) is 4.74 Å². The van der Waals surface area contributed by atoms with E-state index in [-0.39, 0.29) is 5.82 Å². The summed E-state index contributed by atoms with van der Waals surface area (Å²) in [6.45, 7) is 0.598. The number of aliphatic imine (C=N–C) groups is 1. The SMILES string of the molecule is CN=C(NC)NCc1ccc(Oc2cccc(F)c2)nc1. The van der Waals surface area contributed by atoms with E-state index in [0.29, 0.717) is 24.1 Å². The lowest BCUT2D eigenvalue weighted by atomic mass is 10.3. The van der Waals surface area contributed by atoms with Gasteiger partial charge < -0.3 is 15.4 Å². The van der Waals surface area contributed by atoms with Crippen molar-refractivity contribution in [2.24, 2.45) is 4.99 Å². The second kappa shape index (κ2) is 7.23. The summed E-state index contributed by atoms with van der Waals surface area (Å²) in [7, 11) is 3.50. The molecule has 0 spiro atoms. The maximum absolute atomic E-state index is 13.1. The normalized spacial score (nSPS) is 11.1. The van der Waals surface area contributed by atoms with Gasteiger partial charge in [-0.05, 0) is 17.7 Å². The van der Waals surface area contributed by atoms with Crippen LogP contribution in [0.2, 0.25) is 0 Å². The first kappa shape index (κ1) is 14.8. The van der Waals surface area contributed by atoms with Crippen LogP contribution in [0.15, 0.2) is 47.6 Å². The van der Waals surface area contributed by atoms with Crippen LogP contribution in [0.3, 0.4) is 0 Å². The van der Waals surface area contributed by atoms with Crippen molar-refractivity contribution in [1.82, 2.24) is 15.6 Å². The number of pyridine rings is 1. The number of ether oxygens (including phenoxy) is 1. The fraction of sp³-hybridized carbons (Fsp3) is 0.200. The van der Waals surface area contributed by atoms with Crippen molar-refractivity contribution in [3.05, 3.63) is 54.0 Å². The molecule has 2 aromatic rings. The van der Waals surface area contributed by atoms with E-state index in [1.165, 1.54) is 12.1 Å². The lowest BCUT2D eigenvalue weighted by molar-refractivity contribution is 0.457. The maximum Gasteiger partial charge on any atom is 0.219 e. The summed E-state index contributed by atoms with van der Waals surface area (Å²) in [5.74, 6) is 1.20. The highest BCUT2D eigenvalue weighted by molar-refractivity contribution is 5.79. The monoisotopic (exact) mass is 288 g/mol. The van der Waals surface area contributed by atoms with Gasteiger partial charge in [-0.3, -0.25) is 4.99 Å². The average molecular weight is 288 g/mol. The van der Waals surface area contributed by atoms with Gasteiger partial charge in [0.15, 0.2) is 5.96 Å². The molecule has 0 aliphatic heterocycles. The van der Waals surface area contributed by atoms with Gasteiger partial charge in [-0.25, -0.2) is 9.37 Å².